The largest absolute Gasteiger partial charge is 0.394 e. The van der Waals surface area contributed by atoms with Crippen LogP contribution in [0.15, 0.2) is 35.4 Å². The third-order valence-corrected chi connectivity index (χ3v) is 6.92. The molecular formula is C21H15ClF4N4O4S. The summed E-state index contributed by atoms with van der Waals surface area (Å²) in [5, 5.41) is 47.4. The first-order valence-corrected chi connectivity index (χ1v) is 11.2. The quantitative estimate of drug-likeness (QED) is 0.340. The lowest BCUT2D eigenvalue weighted by Gasteiger charge is -2.41. The molecule has 1 fully saturated rings. The average Bonchev–Trinajstić information content (AvgIpc) is 3.31. The van der Waals surface area contributed by atoms with Gasteiger partial charge in [0.15, 0.2) is 23.3 Å². The van der Waals surface area contributed by atoms with Crippen molar-refractivity contribution in [1.82, 2.24) is 15.0 Å². The minimum Gasteiger partial charge on any atom is -0.394 e. The van der Waals surface area contributed by atoms with Gasteiger partial charge in [-0.05, 0) is 24.3 Å². The van der Waals surface area contributed by atoms with E-state index in [-0.39, 0.29) is 21.7 Å². The molecular weight excluding hydrogens is 516 g/mol. The van der Waals surface area contributed by atoms with Crippen molar-refractivity contribution in [2.75, 3.05) is 6.61 Å². The number of thioether (sulfide) groups is 1. The third-order valence-electron chi connectivity index (χ3n) is 5.35. The van der Waals surface area contributed by atoms with Crippen LogP contribution in [0.25, 0.3) is 11.3 Å². The summed E-state index contributed by atoms with van der Waals surface area (Å²) in [5.41, 5.74) is -1.58. The number of ether oxygens (including phenoxy) is 1. The Labute approximate surface area is 204 Å². The fourth-order valence-electron chi connectivity index (χ4n) is 3.57. The van der Waals surface area contributed by atoms with Crippen molar-refractivity contribution >= 4 is 23.4 Å². The number of aliphatic hydroxyl groups excluding tert-OH is 3. The lowest BCUT2D eigenvalue weighted by molar-refractivity contribution is -0.178. The summed E-state index contributed by atoms with van der Waals surface area (Å²) >= 11 is 6.55. The summed E-state index contributed by atoms with van der Waals surface area (Å²) in [6.45, 7) is -0.673. The normalized spacial score (nSPS) is 24.4. The van der Waals surface area contributed by atoms with Crippen molar-refractivity contribution in [3.63, 3.8) is 0 Å². The second-order valence-electron chi connectivity index (χ2n) is 7.50. The number of benzene rings is 2. The van der Waals surface area contributed by atoms with E-state index in [4.69, 9.17) is 21.6 Å². The Bertz CT molecular complexity index is 1280. The molecule has 3 N–H and O–H groups in total. The summed E-state index contributed by atoms with van der Waals surface area (Å²) < 4.78 is 61.7. The number of hydrogen-bond acceptors (Lipinski definition) is 8. The Morgan fingerprint density at radius 3 is 2.43 bits per heavy atom. The van der Waals surface area contributed by atoms with Gasteiger partial charge in [0, 0.05) is 10.5 Å². The Kier molecular flexibility index (Phi) is 7.32. The summed E-state index contributed by atoms with van der Waals surface area (Å²) in [6, 6.07) is 4.41. The zero-order valence-electron chi connectivity index (χ0n) is 17.3. The second-order valence-corrected chi connectivity index (χ2v) is 9.02. The van der Waals surface area contributed by atoms with Crippen molar-refractivity contribution in [3.05, 3.63) is 64.3 Å². The number of nitriles is 1. The molecule has 5 atom stereocenters. The van der Waals surface area contributed by atoms with Crippen LogP contribution >= 0.6 is 23.4 Å². The molecule has 2 aromatic carbocycles. The second kappa shape index (κ2) is 10.1. The van der Waals surface area contributed by atoms with Crippen LogP contribution < -0.4 is 0 Å². The van der Waals surface area contributed by atoms with Crippen LogP contribution in [0.5, 0.6) is 0 Å². The molecule has 0 aliphatic carbocycles. The maximum Gasteiger partial charge on any atom is 0.194 e. The van der Waals surface area contributed by atoms with E-state index in [1.807, 2.05) is 0 Å². The van der Waals surface area contributed by atoms with Gasteiger partial charge in [-0.2, -0.15) is 5.26 Å². The Morgan fingerprint density at radius 2 is 1.80 bits per heavy atom. The van der Waals surface area contributed by atoms with E-state index >= 15 is 0 Å². The van der Waals surface area contributed by atoms with Crippen LogP contribution in [0.3, 0.4) is 0 Å². The number of rotatable bonds is 5. The summed E-state index contributed by atoms with van der Waals surface area (Å²) in [4.78, 5) is -0.0681. The minimum atomic E-state index is -1.66. The van der Waals surface area contributed by atoms with Crippen molar-refractivity contribution in [1.29, 1.82) is 5.26 Å². The molecule has 1 aliphatic heterocycles. The minimum absolute atomic E-state index is 0.0681. The molecule has 3 aromatic rings. The van der Waals surface area contributed by atoms with Crippen molar-refractivity contribution < 1.29 is 37.6 Å². The zero-order valence-corrected chi connectivity index (χ0v) is 18.9. The molecule has 0 bridgehead atoms. The van der Waals surface area contributed by atoms with Gasteiger partial charge in [-0.25, -0.2) is 22.2 Å². The lowest BCUT2D eigenvalue weighted by Crippen LogP contribution is -2.55. The maximum absolute atomic E-state index is 14.6. The van der Waals surface area contributed by atoms with Crippen LogP contribution in [0.1, 0.15) is 11.6 Å². The van der Waals surface area contributed by atoms with Gasteiger partial charge in [0.25, 0.3) is 0 Å². The fourth-order valence-corrected chi connectivity index (χ4v) is 4.93. The molecule has 184 valence electrons. The topological polar surface area (TPSA) is 124 Å². The summed E-state index contributed by atoms with van der Waals surface area (Å²) in [6.07, 6.45) is -3.14. The van der Waals surface area contributed by atoms with Gasteiger partial charge < -0.3 is 20.1 Å². The first-order chi connectivity index (χ1) is 16.7. The monoisotopic (exact) mass is 530 g/mol. The molecule has 1 saturated heterocycles. The van der Waals surface area contributed by atoms with Gasteiger partial charge in [0.1, 0.15) is 41.6 Å². The number of halogens is 5. The predicted molar refractivity (Wildman–Crippen MR) is 114 cm³/mol. The molecule has 35 heavy (non-hydrogen) atoms. The molecule has 0 unspecified atom stereocenters. The SMILES string of the molecule is N#Cc1ccc(S[C@@H]2O[C@@H](CO)[C@@H](O)[C@@H](n3cc(-c4cc(F)c(F)c(F)c4)nn3)[C@@H]2O)c(F)c1Cl. The molecule has 4 rings (SSSR count). The summed E-state index contributed by atoms with van der Waals surface area (Å²) in [7, 11) is 0. The Morgan fingerprint density at radius 1 is 1.11 bits per heavy atom. The van der Waals surface area contributed by atoms with Gasteiger partial charge in [-0.15, -0.1) is 5.10 Å². The van der Waals surface area contributed by atoms with Gasteiger partial charge in [0.05, 0.1) is 23.4 Å². The van der Waals surface area contributed by atoms with Crippen LogP contribution in [0.2, 0.25) is 5.02 Å². The molecule has 0 spiro atoms. The molecule has 0 radical (unpaired) electrons. The van der Waals surface area contributed by atoms with Crippen LogP contribution in [0.4, 0.5) is 17.6 Å². The fraction of sp³-hybridized carbons (Fsp3) is 0.286. The highest BCUT2D eigenvalue weighted by molar-refractivity contribution is 7.99. The number of hydrogen-bond donors (Lipinski definition) is 3. The Balaban J connectivity index is 1.65. The highest BCUT2D eigenvalue weighted by Crippen LogP contribution is 2.40. The van der Waals surface area contributed by atoms with E-state index in [0.717, 1.165) is 10.9 Å². The molecule has 1 aliphatic rings. The lowest BCUT2D eigenvalue weighted by atomic mass is 9.97. The summed E-state index contributed by atoms with van der Waals surface area (Å²) in [5.74, 6) is -5.46. The average molecular weight is 531 g/mol. The first kappa shape index (κ1) is 25.4. The van der Waals surface area contributed by atoms with E-state index in [1.54, 1.807) is 6.07 Å². The number of aromatic nitrogens is 3. The maximum atomic E-state index is 14.6. The van der Waals surface area contributed by atoms with Crippen molar-refractivity contribution in [2.45, 2.75) is 34.7 Å². The van der Waals surface area contributed by atoms with E-state index in [0.29, 0.717) is 23.9 Å². The Hall–Kier alpha value is -2.73. The van der Waals surface area contributed by atoms with Crippen molar-refractivity contribution in [3.8, 4) is 17.3 Å². The molecule has 14 heteroatoms. The van der Waals surface area contributed by atoms with Crippen LogP contribution in [-0.2, 0) is 4.74 Å². The molecule has 1 aromatic heterocycles. The van der Waals surface area contributed by atoms with E-state index in [1.165, 1.54) is 12.1 Å². The van der Waals surface area contributed by atoms with Crippen molar-refractivity contribution in [2.24, 2.45) is 0 Å². The zero-order chi connectivity index (χ0) is 25.4. The first-order valence-electron chi connectivity index (χ1n) is 9.90. The molecule has 0 amide bonds. The highest BCUT2D eigenvalue weighted by Gasteiger charge is 2.46. The standard InChI is InChI=1S/C21H15ClF4N4O4S/c22-15-8(5-27)1-2-14(17(15)26)35-21-20(33)18(19(32)13(7-31)34-21)30-6-12(28-29-30)9-3-10(23)16(25)11(24)4-9/h1-4,6,13,18-21,31-33H,7H2/t13-,18+,19+,20-,21-/m0/s1. The molecule has 2 heterocycles. The highest BCUT2D eigenvalue weighted by atomic mass is 35.5. The van der Waals surface area contributed by atoms with E-state index in [2.05, 4.69) is 10.3 Å². The van der Waals surface area contributed by atoms with E-state index < -0.39 is 64.7 Å². The van der Waals surface area contributed by atoms with Crippen LogP contribution in [0, 0.1) is 34.6 Å². The predicted octanol–water partition coefficient (Wildman–Crippen LogP) is 2.80. The van der Waals surface area contributed by atoms with Crippen LogP contribution in [-0.4, -0.2) is 60.7 Å². The third kappa shape index (κ3) is 4.73. The number of nitrogens with zero attached hydrogens (tertiary/aromatic N) is 4. The van der Waals surface area contributed by atoms with E-state index in [9.17, 15) is 32.9 Å². The smallest absolute Gasteiger partial charge is 0.194 e. The van der Waals surface area contributed by atoms with Gasteiger partial charge >= 0.3 is 0 Å². The molecule has 0 saturated carbocycles. The van der Waals surface area contributed by atoms with Gasteiger partial charge in [0.2, 0.25) is 0 Å². The number of aliphatic hydroxyl groups is 3. The van der Waals surface area contributed by atoms with Gasteiger partial charge in [-0.3, -0.25) is 0 Å². The van der Waals surface area contributed by atoms with Gasteiger partial charge in [-0.1, -0.05) is 28.6 Å². The molecule has 8 nitrogen and oxygen atoms in total.